The molecule has 0 unspecified atom stereocenters. The van der Waals surface area contributed by atoms with Crippen LogP contribution in [-0.4, -0.2) is 36.6 Å². The van der Waals surface area contributed by atoms with Crippen LogP contribution in [0, 0.1) is 0 Å². The molecule has 1 aliphatic rings. The van der Waals surface area contributed by atoms with Gasteiger partial charge in [0.15, 0.2) is 5.76 Å². The Balaban J connectivity index is 1.76. The molecule has 0 bridgehead atoms. The van der Waals surface area contributed by atoms with E-state index in [1.165, 1.54) is 6.08 Å². The highest BCUT2D eigenvalue weighted by Gasteiger charge is 2.37. The van der Waals surface area contributed by atoms with Gasteiger partial charge in [0.05, 0.1) is 0 Å². The number of amides is 1. The van der Waals surface area contributed by atoms with E-state index in [9.17, 15) is 9.36 Å². The average Bonchev–Trinajstić information content (AvgIpc) is 3.09. The number of fused-ring (bicyclic) bond motifs is 3. The first kappa shape index (κ1) is 18.8. The second-order valence-corrected chi connectivity index (χ2v) is 8.42. The zero-order chi connectivity index (χ0) is 20.1. The van der Waals surface area contributed by atoms with Gasteiger partial charge in [-0.25, -0.2) is 0 Å². The van der Waals surface area contributed by atoms with Crippen molar-refractivity contribution in [2.75, 3.05) is 6.29 Å². The van der Waals surface area contributed by atoms with E-state index in [0.29, 0.717) is 0 Å². The molecule has 3 aromatic rings. The number of aromatic nitrogens is 1. The van der Waals surface area contributed by atoms with Crippen molar-refractivity contribution in [2.24, 2.45) is 0 Å². The Morgan fingerprint density at radius 3 is 2.57 bits per heavy atom. The van der Waals surface area contributed by atoms with E-state index < -0.39 is 19.8 Å². The fraction of sp³-hybridized carbons (Fsp3) is 0.158. The van der Waals surface area contributed by atoms with Gasteiger partial charge in [-0.05, 0) is 49.0 Å². The molecule has 0 atom stereocenters. The minimum absolute atomic E-state index is 0.0583. The van der Waals surface area contributed by atoms with Crippen LogP contribution >= 0.6 is 19.8 Å². The topological polar surface area (TPSA) is 92.0 Å². The third-order valence-corrected chi connectivity index (χ3v) is 5.56. The van der Waals surface area contributed by atoms with Crippen LogP contribution in [0.1, 0.15) is 12.5 Å². The van der Waals surface area contributed by atoms with Gasteiger partial charge in [-0.15, -0.1) is 0 Å². The Bertz CT molecular complexity index is 1210. The smallest absolute Gasteiger partial charge is 0.345 e. The number of thiocarbonyl (C=S) groups is 1. The van der Waals surface area contributed by atoms with Gasteiger partial charge in [-0.3, -0.25) is 14.3 Å². The van der Waals surface area contributed by atoms with Gasteiger partial charge in [0, 0.05) is 28.4 Å². The second kappa shape index (κ2) is 6.83. The number of para-hydroxylation sites is 1. The predicted octanol–water partition coefficient (Wildman–Crippen LogP) is 3.43. The molecule has 1 amide bonds. The second-order valence-electron chi connectivity index (χ2n) is 6.45. The normalized spacial score (nSPS) is 16.5. The maximum atomic E-state index is 12.4. The van der Waals surface area contributed by atoms with Crippen molar-refractivity contribution in [1.29, 1.82) is 0 Å². The predicted molar refractivity (Wildman–Crippen MR) is 111 cm³/mol. The van der Waals surface area contributed by atoms with Gasteiger partial charge in [0.25, 0.3) is 11.1 Å². The largest absolute Gasteiger partial charge is 0.426 e. The fourth-order valence-corrected chi connectivity index (χ4v) is 4.42. The standard InChI is InChI=1S/C19H17N2O5PS/c1-2-20-15-6-4-3-5-13(15)14-9-12(7-8-16(14)20)10-17-18(22)21(19(28)26-17)11-27(23,24)25/h3-10H,2,11H2,1H3,(H2,23,24,25). The molecule has 1 aliphatic heterocycles. The first-order valence-corrected chi connectivity index (χ1v) is 10.8. The van der Waals surface area contributed by atoms with Crippen molar-refractivity contribution in [3.63, 3.8) is 0 Å². The van der Waals surface area contributed by atoms with E-state index in [1.54, 1.807) is 0 Å². The molecule has 9 heteroatoms. The lowest BCUT2D eigenvalue weighted by atomic mass is 10.1. The molecule has 7 nitrogen and oxygen atoms in total. The molecule has 2 N–H and O–H groups in total. The summed E-state index contributed by atoms with van der Waals surface area (Å²) in [6.45, 7) is 2.92. The summed E-state index contributed by atoms with van der Waals surface area (Å²) in [5.41, 5.74) is 2.95. The summed E-state index contributed by atoms with van der Waals surface area (Å²) >= 11 is 4.93. The number of nitrogens with zero attached hydrogens (tertiary/aromatic N) is 2. The number of benzene rings is 2. The third-order valence-electron chi connectivity index (χ3n) is 4.61. The molecule has 0 radical (unpaired) electrons. The van der Waals surface area contributed by atoms with E-state index in [0.717, 1.165) is 38.8 Å². The van der Waals surface area contributed by atoms with Gasteiger partial charge >= 0.3 is 7.60 Å². The van der Waals surface area contributed by atoms with Gasteiger partial charge < -0.3 is 19.1 Å². The summed E-state index contributed by atoms with van der Waals surface area (Å²) < 4.78 is 18.7. The summed E-state index contributed by atoms with van der Waals surface area (Å²) in [6, 6.07) is 13.9. The van der Waals surface area contributed by atoms with E-state index in [1.807, 2.05) is 30.3 Å². The first-order valence-electron chi connectivity index (χ1n) is 8.59. The molecular weight excluding hydrogens is 399 g/mol. The van der Waals surface area contributed by atoms with Crippen LogP contribution in [0.2, 0.25) is 0 Å². The van der Waals surface area contributed by atoms with Crippen LogP contribution in [0.5, 0.6) is 0 Å². The third kappa shape index (κ3) is 3.25. The van der Waals surface area contributed by atoms with Crippen molar-refractivity contribution in [1.82, 2.24) is 9.47 Å². The number of aryl methyl sites for hydroxylation is 1. The number of hydrogen-bond donors (Lipinski definition) is 2. The number of ether oxygens (including phenoxy) is 1. The van der Waals surface area contributed by atoms with Crippen molar-refractivity contribution < 1.29 is 23.9 Å². The van der Waals surface area contributed by atoms with E-state index in [2.05, 4.69) is 23.6 Å². The molecule has 144 valence electrons. The van der Waals surface area contributed by atoms with Crippen molar-refractivity contribution in [3.8, 4) is 0 Å². The van der Waals surface area contributed by atoms with E-state index >= 15 is 0 Å². The maximum Gasteiger partial charge on any atom is 0.345 e. The van der Waals surface area contributed by atoms with Crippen LogP contribution in [0.3, 0.4) is 0 Å². The van der Waals surface area contributed by atoms with Crippen LogP contribution < -0.4 is 0 Å². The Hall–Kier alpha value is -2.51. The van der Waals surface area contributed by atoms with Crippen molar-refractivity contribution >= 4 is 58.8 Å². The van der Waals surface area contributed by atoms with Crippen LogP contribution in [-0.2, 0) is 20.6 Å². The molecule has 2 heterocycles. The van der Waals surface area contributed by atoms with Crippen molar-refractivity contribution in [2.45, 2.75) is 13.5 Å². The lowest BCUT2D eigenvalue weighted by molar-refractivity contribution is -0.122. The molecule has 0 aliphatic carbocycles. The highest BCUT2D eigenvalue weighted by atomic mass is 32.1. The molecule has 0 spiro atoms. The molecule has 28 heavy (non-hydrogen) atoms. The first-order chi connectivity index (χ1) is 13.3. The molecule has 0 saturated carbocycles. The van der Waals surface area contributed by atoms with Crippen LogP contribution in [0.4, 0.5) is 0 Å². The monoisotopic (exact) mass is 416 g/mol. The summed E-state index contributed by atoms with van der Waals surface area (Å²) in [7, 11) is -4.45. The van der Waals surface area contributed by atoms with Gasteiger partial charge in [-0.2, -0.15) is 0 Å². The quantitative estimate of drug-likeness (QED) is 0.385. The Kier molecular flexibility index (Phi) is 4.59. The summed E-state index contributed by atoms with van der Waals surface area (Å²) in [5, 5.41) is 1.90. The summed E-state index contributed by atoms with van der Waals surface area (Å²) in [6.07, 6.45) is 0.733. The molecule has 1 fully saturated rings. The molecule has 1 aromatic heterocycles. The zero-order valence-electron chi connectivity index (χ0n) is 14.9. The lowest BCUT2D eigenvalue weighted by Gasteiger charge is -2.12. The number of rotatable bonds is 4. The minimum Gasteiger partial charge on any atom is -0.426 e. The van der Waals surface area contributed by atoms with Gasteiger partial charge in [-0.1, -0.05) is 24.3 Å². The van der Waals surface area contributed by atoms with Crippen LogP contribution in [0.15, 0.2) is 48.2 Å². The molecular formula is C19H17N2O5PS. The SMILES string of the molecule is CCn1c2ccccc2c2cc(C=C3OC(=S)N(CP(=O)(O)O)C3=O)ccc21. The molecule has 4 rings (SSSR count). The van der Waals surface area contributed by atoms with Gasteiger partial charge in [0.2, 0.25) is 0 Å². The van der Waals surface area contributed by atoms with Gasteiger partial charge in [0.1, 0.15) is 6.29 Å². The average molecular weight is 416 g/mol. The maximum absolute atomic E-state index is 12.4. The number of hydrogen-bond acceptors (Lipinski definition) is 4. The van der Waals surface area contributed by atoms with Crippen molar-refractivity contribution in [3.05, 3.63) is 53.8 Å². The highest BCUT2D eigenvalue weighted by Crippen LogP contribution is 2.38. The number of carbonyl (C=O) groups excluding carboxylic acids is 1. The highest BCUT2D eigenvalue weighted by molar-refractivity contribution is 7.80. The Morgan fingerprint density at radius 2 is 1.86 bits per heavy atom. The van der Waals surface area contributed by atoms with Crippen LogP contribution in [0.25, 0.3) is 27.9 Å². The molecule has 2 aromatic carbocycles. The fourth-order valence-electron chi connectivity index (χ4n) is 3.46. The Labute approximate surface area is 166 Å². The summed E-state index contributed by atoms with van der Waals surface area (Å²) in [4.78, 5) is 31.4. The van der Waals surface area contributed by atoms with E-state index in [-0.39, 0.29) is 10.9 Å². The minimum atomic E-state index is -4.45. The summed E-state index contributed by atoms with van der Waals surface area (Å²) in [5.74, 6) is -0.721. The molecule has 1 saturated heterocycles. The number of carbonyl (C=O) groups is 1. The zero-order valence-corrected chi connectivity index (χ0v) is 16.6. The Morgan fingerprint density at radius 1 is 1.14 bits per heavy atom. The lowest BCUT2D eigenvalue weighted by Crippen LogP contribution is -2.29. The van der Waals surface area contributed by atoms with E-state index in [4.69, 9.17) is 26.7 Å².